The third-order valence-corrected chi connectivity index (χ3v) is 11.6. The SMILES string of the molecule is [2H]c1c([2H])c([2H])c(-c2cccc(-c3cc(C(C)(C)C)cc(C(C)(C)C)c3)c2-[n+]2[c-]n(-c3[c-]c(Oc4[c-]c5c(c([2H])c4[2H])c4c([2H])c([2H])c([2H])c([2H])c4n5-c4cc(C(C)C)ccn4)ccc3)c3ccccc32)c([2H])c1[2H].[Pt]. The molecular formula is C59H52N4OPt-2. The van der Waals surface area contributed by atoms with Crippen LogP contribution in [0.25, 0.3) is 72.3 Å². The first-order valence-electron chi connectivity index (χ1n) is 26.8. The van der Waals surface area contributed by atoms with Gasteiger partial charge in [0.05, 0.1) is 29.1 Å². The first kappa shape index (κ1) is 32.2. The molecule has 5 nitrogen and oxygen atoms in total. The smallest absolute Gasteiger partial charge is 0.268 e. The van der Waals surface area contributed by atoms with Crippen LogP contribution in [0.1, 0.15) is 93.1 Å². The predicted octanol–water partition coefficient (Wildman–Crippen LogP) is 14.6. The van der Waals surface area contributed by atoms with E-state index in [1.165, 1.54) is 0 Å². The molecule has 0 saturated heterocycles. The van der Waals surface area contributed by atoms with Crippen molar-refractivity contribution >= 4 is 32.8 Å². The number of para-hydroxylation sites is 4. The van der Waals surface area contributed by atoms with Crippen molar-refractivity contribution in [3.05, 3.63) is 199 Å². The van der Waals surface area contributed by atoms with Crippen molar-refractivity contribution in [3.8, 4) is 50.9 Å². The number of fused-ring (bicyclic) bond motifs is 4. The molecule has 10 rings (SSSR count). The molecule has 0 spiro atoms. The molecule has 0 radical (unpaired) electrons. The van der Waals surface area contributed by atoms with E-state index in [2.05, 4.69) is 83.2 Å². The first-order chi connectivity index (χ1) is 35.4. The van der Waals surface area contributed by atoms with E-state index in [-0.39, 0.29) is 113 Å². The van der Waals surface area contributed by atoms with Gasteiger partial charge in [0.1, 0.15) is 5.82 Å². The average Bonchev–Trinajstić information content (AvgIpc) is 3.95. The van der Waals surface area contributed by atoms with Crippen molar-refractivity contribution in [1.29, 1.82) is 0 Å². The number of nitrogens with zero attached hydrogens (tertiary/aromatic N) is 4. The van der Waals surface area contributed by atoms with Gasteiger partial charge in [0, 0.05) is 45.6 Å². The van der Waals surface area contributed by atoms with Gasteiger partial charge >= 0.3 is 0 Å². The summed E-state index contributed by atoms with van der Waals surface area (Å²) in [5.74, 6) is 0.437. The molecule has 0 N–H and O–H groups in total. The first-order valence-corrected chi connectivity index (χ1v) is 21.3. The number of ether oxygens (including phenoxy) is 1. The van der Waals surface area contributed by atoms with Gasteiger partial charge in [0.2, 0.25) is 0 Å². The minimum atomic E-state index is -0.494. The summed E-state index contributed by atoms with van der Waals surface area (Å²) >= 11 is 0. The average molecular weight is 1040 g/mol. The van der Waals surface area contributed by atoms with E-state index >= 15 is 0 Å². The van der Waals surface area contributed by atoms with E-state index in [4.69, 9.17) is 14.3 Å². The van der Waals surface area contributed by atoms with Crippen molar-refractivity contribution < 1.29 is 45.4 Å². The monoisotopic (exact) mass is 1040 g/mol. The summed E-state index contributed by atoms with van der Waals surface area (Å²) in [7, 11) is 0. The molecule has 10 aromatic rings. The molecule has 0 fully saturated rings. The van der Waals surface area contributed by atoms with Crippen molar-refractivity contribution in [2.24, 2.45) is 0 Å². The second-order valence-corrected chi connectivity index (χ2v) is 18.4. The molecule has 0 aliphatic heterocycles. The summed E-state index contributed by atoms with van der Waals surface area (Å²) in [6.07, 6.45) is 5.19. The summed E-state index contributed by atoms with van der Waals surface area (Å²) in [6.45, 7) is 17.0. The minimum Gasteiger partial charge on any atom is -0.510 e. The third kappa shape index (κ3) is 8.24. The molecule has 0 aliphatic carbocycles. The summed E-state index contributed by atoms with van der Waals surface area (Å²) in [4.78, 5) is 4.62. The molecule has 0 unspecified atom stereocenters. The van der Waals surface area contributed by atoms with E-state index in [0.717, 1.165) is 27.8 Å². The molecule has 0 amide bonds. The number of rotatable bonds is 8. The Bertz CT molecular complexity index is 3960. The molecule has 0 saturated carbocycles. The summed E-state index contributed by atoms with van der Waals surface area (Å²) < 4.78 is 110. The molecular weight excluding hydrogens is 976 g/mol. The number of benzene rings is 7. The Balaban J connectivity index is 0.00000706. The van der Waals surface area contributed by atoms with Crippen LogP contribution in [0.15, 0.2) is 164 Å². The van der Waals surface area contributed by atoms with Gasteiger partial charge in [-0.05, 0) is 86.3 Å². The van der Waals surface area contributed by atoms with Crippen LogP contribution in [-0.2, 0) is 31.9 Å². The number of hydrogen-bond donors (Lipinski definition) is 0. The van der Waals surface area contributed by atoms with Crippen LogP contribution in [0.4, 0.5) is 0 Å². The Morgan fingerprint density at radius 1 is 0.646 bits per heavy atom. The zero-order chi connectivity index (χ0) is 53.9. The normalized spacial score (nSPS) is 14.4. The summed E-state index contributed by atoms with van der Waals surface area (Å²) in [5, 5.41) is 0.170. The summed E-state index contributed by atoms with van der Waals surface area (Å²) in [5.41, 5.74) is 7.28. The Labute approximate surface area is 412 Å². The topological polar surface area (TPSA) is 35.9 Å². The fraction of sp³-hybridized carbons (Fsp3) is 0.186. The Hall–Kier alpha value is -6.55. The van der Waals surface area contributed by atoms with E-state index in [9.17, 15) is 5.48 Å². The van der Waals surface area contributed by atoms with Crippen LogP contribution < -0.4 is 9.30 Å². The quantitative estimate of drug-likeness (QED) is 0.112. The van der Waals surface area contributed by atoms with Gasteiger partial charge in [-0.3, -0.25) is 4.57 Å². The molecule has 0 aliphatic rings. The van der Waals surface area contributed by atoms with Gasteiger partial charge in [-0.15, -0.1) is 29.6 Å². The second-order valence-electron chi connectivity index (χ2n) is 18.4. The van der Waals surface area contributed by atoms with E-state index in [1.807, 2.05) is 73.0 Å². The van der Waals surface area contributed by atoms with Gasteiger partial charge in [0.25, 0.3) is 6.33 Å². The Morgan fingerprint density at radius 2 is 1.34 bits per heavy atom. The maximum absolute atomic E-state index is 9.36. The summed E-state index contributed by atoms with van der Waals surface area (Å²) in [6, 6.07) is 30.8. The van der Waals surface area contributed by atoms with Gasteiger partial charge in [-0.25, -0.2) is 4.98 Å². The Morgan fingerprint density at radius 3 is 2.08 bits per heavy atom. The zero-order valence-corrected chi connectivity index (χ0v) is 39.6. The van der Waals surface area contributed by atoms with Crippen LogP contribution in [-0.4, -0.2) is 14.1 Å². The van der Waals surface area contributed by atoms with Gasteiger partial charge < -0.3 is 13.9 Å². The number of hydrogen-bond acceptors (Lipinski definition) is 2. The molecule has 3 heterocycles. The van der Waals surface area contributed by atoms with Crippen molar-refractivity contribution in [2.45, 2.75) is 72.1 Å². The van der Waals surface area contributed by atoms with Gasteiger partial charge in [-0.2, -0.15) is 18.2 Å². The van der Waals surface area contributed by atoms with E-state index in [1.54, 1.807) is 33.5 Å². The van der Waals surface area contributed by atoms with Crippen LogP contribution in [0.5, 0.6) is 11.5 Å². The third-order valence-electron chi connectivity index (χ3n) is 11.6. The van der Waals surface area contributed by atoms with Crippen molar-refractivity contribution in [2.75, 3.05) is 0 Å². The molecule has 7 aromatic carbocycles. The maximum atomic E-state index is 9.36. The zero-order valence-electron chi connectivity index (χ0n) is 48.3. The van der Waals surface area contributed by atoms with E-state index in [0.29, 0.717) is 33.8 Å². The van der Waals surface area contributed by atoms with Gasteiger partial charge in [-0.1, -0.05) is 170 Å². The van der Waals surface area contributed by atoms with Crippen LogP contribution in [0, 0.1) is 18.5 Å². The second kappa shape index (κ2) is 17.1. The maximum Gasteiger partial charge on any atom is 0.268 e. The molecule has 0 bridgehead atoms. The fourth-order valence-corrected chi connectivity index (χ4v) is 8.08. The Kier molecular flexibility index (Phi) is 8.46. The number of aromatic nitrogens is 4. The van der Waals surface area contributed by atoms with Crippen molar-refractivity contribution in [1.82, 2.24) is 14.1 Å². The van der Waals surface area contributed by atoms with Crippen molar-refractivity contribution in [3.63, 3.8) is 0 Å². The molecule has 3 aromatic heterocycles. The molecule has 6 heteroatoms. The molecule has 0 atom stereocenters. The standard InChI is InChI=1S/C59H52N4O.Pt/c1-39(2)41-30-31-60-56(34-41)63-52-25-13-12-22-50(52)51-29-28-47(37-55(51)63)64-46-21-16-20-45(36-46)61-38-62(54-27-15-14-26-53(54)61)57-48(40-18-10-9-11-19-40)23-17-24-49(57)42-32-43(58(3,4)5)35-44(33-42)59(6,7)8;/h9-35,39H,1-8H3;/q-2;/i9D,10D,11D,12D,13D,18D,19D,22D,25D,28D,29D;. The van der Waals surface area contributed by atoms with E-state index < -0.39 is 30.2 Å². The number of imidazole rings is 1. The minimum absolute atomic E-state index is 0. The van der Waals surface area contributed by atoms with Crippen LogP contribution >= 0.6 is 0 Å². The molecule has 65 heavy (non-hydrogen) atoms. The predicted molar refractivity (Wildman–Crippen MR) is 262 cm³/mol. The largest absolute Gasteiger partial charge is 0.510 e. The number of pyridine rings is 1. The fourth-order valence-electron chi connectivity index (χ4n) is 8.08. The van der Waals surface area contributed by atoms with Crippen LogP contribution in [0.2, 0.25) is 0 Å². The van der Waals surface area contributed by atoms with Gasteiger partial charge in [0.15, 0.2) is 0 Å². The van der Waals surface area contributed by atoms with Crippen LogP contribution in [0.3, 0.4) is 0 Å². The molecule has 326 valence electrons.